The van der Waals surface area contributed by atoms with Crippen LogP contribution in [0.1, 0.15) is 0 Å². The molecule has 0 atom stereocenters. The second kappa shape index (κ2) is 10.2. The Kier molecular flexibility index (Phi) is 10.3. The van der Waals surface area contributed by atoms with Gasteiger partial charge >= 0.3 is 0 Å². The first-order valence-electron chi connectivity index (χ1n) is 4.35. The molecule has 78 valence electrons. The van der Waals surface area contributed by atoms with Crippen LogP contribution in [0.4, 0.5) is 0 Å². The average Bonchev–Trinajstić information content (AvgIpc) is 2.09. The molecule has 0 saturated carbocycles. The van der Waals surface area contributed by atoms with E-state index in [2.05, 4.69) is 28.6 Å². The van der Waals surface area contributed by atoms with Crippen LogP contribution in [-0.4, -0.2) is 43.6 Å². The zero-order valence-corrected chi connectivity index (χ0v) is 9.39. The maximum Gasteiger partial charge on any atom is 0.130 e. The van der Waals surface area contributed by atoms with Gasteiger partial charge in [0.05, 0.1) is 0 Å². The lowest BCUT2D eigenvalue weighted by Gasteiger charge is -2.06. The van der Waals surface area contributed by atoms with Gasteiger partial charge in [-0.2, -0.15) is 0 Å². The second-order valence-electron chi connectivity index (χ2n) is 2.52. The van der Waals surface area contributed by atoms with E-state index >= 15 is 0 Å². The van der Waals surface area contributed by atoms with E-state index in [1.807, 2.05) is 0 Å². The summed E-state index contributed by atoms with van der Waals surface area (Å²) in [6.07, 6.45) is 0. The molecule has 0 unspecified atom stereocenters. The standard InChI is InChI=1S/C7H18N4S2/c8-1-2-9-3-4-10-5-6-11-7(12)13/h9-10H,1-6,8H2,(H2,11,12,13). The Morgan fingerprint density at radius 1 is 1.08 bits per heavy atom. The fourth-order valence-electron chi connectivity index (χ4n) is 0.787. The summed E-state index contributed by atoms with van der Waals surface area (Å²) in [5, 5.41) is 9.37. The van der Waals surface area contributed by atoms with Crippen molar-refractivity contribution >= 4 is 29.2 Å². The molecule has 0 heterocycles. The van der Waals surface area contributed by atoms with Crippen LogP contribution < -0.4 is 21.7 Å². The molecule has 5 N–H and O–H groups in total. The summed E-state index contributed by atoms with van der Waals surface area (Å²) < 4.78 is 0.544. The fraction of sp³-hybridized carbons (Fsp3) is 0.857. The number of hydrogen-bond donors (Lipinski definition) is 5. The van der Waals surface area contributed by atoms with Gasteiger partial charge in [0.25, 0.3) is 0 Å². The van der Waals surface area contributed by atoms with Crippen LogP contribution in [0.3, 0.4) is 0 Å². The molecule has 0 aliphatic heterocycles. The molecule has 0 aliphatic rings. The van der Waals surface area contributed by atoms with E-state index in [0.29, 0.717) is 10.9 Å². The van der Waals surface area contributed by atoms with Crippen molar-refractivity contribution in [3.05, 3.63) is 0 Å². The number of rotatable bonds is 8. The minimum Gasteiger partial charge on any atom is -0.370 e. The lowest BCUT2D eigenvalue weighted by Crippen LogP contribution is -2.34. The van der Waals surface area contributed by atoms with Crippen molar-refractivity contribution in [1.82, 2.24) is 16.0 Å². The van der Waals surface area contributed by atoms with Gasteiger partial charge in [-0.1, -0.05) is 12.2 Å². The third-order valence-corrected chi connectivity index (χ3v) is 1.68. The van der Waals surface area contributed by atoms with Gasteiger partial charge in [-0.15, -0.1) is 12.6 Å². The Hall–Kier alpha value is 0.120. The van der Waals surface area contributed by atoms with E-state index in [0.717, 1.165) is 32.7 Å². The largest absolute Gasteiger partial charge is 0.370 e. The highest BCUT2D eigenvalue weighted by Crippen LogP contribution is 1.74. The minimum absolute atomic E-state index is 0.544. The predicted octanol–water partition coefficient (Wildman–Crippen LogP) is -1.07. The summed E-state index contributed by atoms with van der Waals surface area (Å²) >= 11 is 8.67. The molecule has 0 bridgehead atoms. The summed E-state index contributed by atoms with van der Waals surface area (Å²) in [5.41, 5.74) is 5.31. The molecule has 0 aromatic heterocycles. The van der Waals surface area contributed by atoms with Crippen molar-refractivity contribution < 1.29 is 0 Å². The number of nitrogens with one attached hydrogen (secondary N) is 3. The molecule has 0 amide bonds. The Bertz CT molecular complexity index is 132. The van der Waals surface area contributed by atoms with Crippen molar-refractivity contribution in [2.45, 2.75) is 0 Å². The van der Waals surface area contributed by atoms with E-state index < -0.39 is 0 Å². The van der Waals surface area contributed by atoms with Gasteiger partial charge in [-0.05, 0) is 0 Å². The van der Waals surface area contributed by atoms with Crippen LogP contribution in [0.2, 0.25) is 0 Å². The van der Waals surface area contributed by atoms with Crippen molar-refractivity contribution in [3.8, 4) is 0 Å². The van der Waals surface area contributed by atoms with Gasteiger partial charge < -0.3 is 21.7 Å². The molecular weight excluding hydrogens is 204 g/mol. The third-order valence-electron chi connectivity index (χ3n) is 1.38. The normalized spacial score (nSPS) is 10.0. The van der Waals surface area contributed by atoms with Gasteiger partial charge in [0, 0.05) is 39.3 Å². The highest BCUT2D eigenvalue weighted by atomic mass is 32.1. The molecule has 0 saturated heterocycles. The molecule has 0 aliphatic carbocycles. The maximum absolute atomic E-state index is 5.31. The summed E-state index contributed by atoms with van der Waals surface area (Å²) in [7, 11) is 0. The van der Waals surface area contributed by atoms with E-state index in [1.165, 1.54) is 0 Å². The van der Waals surface area contributed by atoms with E-state index in [-0.39, 0.29) is 0 Å². The number of thiol groups is 1. The van der Waals surface area contributed by atoms with Gasteiger partial charge in [0.15, 0.2) is 0 Å². The zero-order valence-electron chi connectivity index (χ0n) is 7.68. The lowest BCUT2D eigenvalue weighted by molar-refractivity contribution is 0.611. The smallest absolute Gasteiger partial charge is 0.130 e. The van der Waals surface area contributed by atoms with Gasteiger partial charge in [0.2, 0.25) is 0 Å². The average molecular weight is 222 g/mol. The fourth-order valence-corrected chi connectivity index (χ4v) is 1.00. The highest BCUT2D eigenvalue weighted by molar-refractivity contribution is 8.11. The monoisotopic (exact) mass is 222 g/mol. The summed E-state index contributed by atoms with van der Waals surface area (Å²) in [6, 6.07) is 0. The maximum atomic E-state index is 5.31. The van der Waals surface area contributed by atoms with Crippen LogP contribution >= 0.6 is 24.8 Å². The first kappa shape index (κ1) is 13.1. The first-order valence-corrected chi connectivity index (χ1v) is 5.21. The second-order valence-corrected chi connectivity index (χ2v) is 3.68. The Balaban J connectivity index is 2.87. The van der Waals surface area contributed by atoms with E-state index in [9.17, 15) is 0 Å². The molecule has 0 aromatic rings. The van der Waals surface area contributed by atoms with Crippen LogP contribution in [-0.2, 0) is 0 Å². The van der Waals surface area contributed by atoms with Crippen molar-refractivity contribution in [2.75, 3.05) is 39.3 Å². The number of thiocarbonyl (C=S) groups is 1. The molecule has 4 nitrogen and oxygen atoms in total. The SMILES string of the molecule is NCCNCCNCCNC(=S)S. The Morgan fingerprint density at radius 3 is 2.15 bits per heavy atom. The first-order chi connectivity index (χ1) is 6.27. The van der Waals surface area contributed by atoms with Crippen LogP contribution in [0.25, 0.3) is 0 Å². The minimum atomic E-state index is 0.544. The van der Waals surface area contributed by atoms with E-state index in [4.69, 9.17) is 18.0 Å². The van der Waals surface area contributed by atoms with E-state index in [1.54, 1.807) is 0 Å². The molecule has 0 aromatic carbocycles. The summed E-state index contributed by atoms with van der Waals surface area (Å²) in [4.78, 5) is 0. The molecule has 0 spiro atoms. The van der Waals surface area contributed by atoms with Crippen molar-refractivity contribution in [1.29, 1.82) is 0 Å². The number of nitrogens with two attached hydrogens (primary N) is 1. The van der Waals surface area contributed by atoms with Gasteiger partial charge in [-0.25, -0.2) is 0 Å². The predicted molar refractivity (Wildman–Crippen MR) is 64.4 cm³/mol. The lowest BCUT2D eigenvalue weighted by atomic mass is 10.5. The van der Waals surface area contributed by atoms with Crippen LogP contribution in [0.5, 0.6) is 0 Å². The molecule has 13 heavy (non-hydrogen) atoms. The van der Waals surface area contributed by atoms with Crippen molar-refractivity contribution in [3.63, 3.8) is 0 Å². The summed E-state index contributed by atoms with van der Waals surface area (Å²) in [5.74, 6) is 0. The topological polar surface area (TPSA) is 62.1 Å². The molecule has 0 fully saturated rings. The van der Waals surface area contributed by atoms with Crippen LogP contribution in [0.15, 0.2) is 0 Å². The van der Waals surface area contributed by atoms with Gasteiger partial charge in [-0.3, -0.25) is 0 Å². The Morgan fingerprint density at radius 2 is 1.62 bits per heavy atom. The zero-order chi connectivity index (χ0) is 9.94. The molecule has 0 rings (SSSR count). The summed E-state index contributed by atoms with van der Waals surface area (Å²) in [6.45, 7) is 5.17. The number of hydrogen-bond acceptors (Lipinski definition) is 4. The molecule has 6 heteroatoms. The Labute approximate surface area is 90.4 Å². The molecular formula is C7H18N4S2. The molecule has 0 radical (unpaired) electrons. The third kappa shape index (κ3) is 12.1. The van der Waals surface area contributed by atoms with Crippen LogP contribution in [0, 0.1) is 0 Å². The van der Waals surface area contributed by atoms with Gasteiger partial charge in [0.1, 0.15) is 4.32 Å². The van der Waals surface area contributed by atoms with Crippen molar-refractivity contribution in [2.24, 2.45) is 5.73 Å². The quantitative estimate of drug-likeness (QED) is 0.206. The highest BCUT2D eigenvalue weighted by Gasteiger charge is 1.88.